The summed E-state index contributed by atoms with van der Waals surface area (Å²) in [7, 11) is -4.09. The van der Waals surface area contributed by atoms with E-state index in [2.05, 4.69) is 0 Å². The fraction of sp³-hybridized carbons (Fsp3) is 0.143. The maximum absolute atomic E-state index is 13.5. The summed E-state index contributed by atoms with van der Waals surface area (Å²) in [4.78, 5) is 0. The fourth-order valence-corrected chi connectivity index (χ4v) is 3.88. The molecule has 27 heavy (non-hydrogen) atoms. The average molecular weight is 384 g/mol. The number of hydrogen-bond donors (Lipinski definition) is 1. The van der Waals surface area contributed by atoms with Crippen LogP contribution >= 0.6 is 7.82 Å². The Morgan fingerprint density at radius 3 is 1.59 bits per heavy atom. The summed E-state index contributed by atoms with van der Waals surface area (Å²) in [6.45, 7) is 3.43. The van der Waals surface area contributed by atoms with E-state index in [1.54, 1.807) is 48.5 Å². The van der Waals surface area contributed by atoms with E-state index >= 15 is 0 Å². The first-order valence-electron chi connectivity index (χ1n) is 8.49. The van der Waals surface area contributed by atoms with Crippen molar-refractivity contribution in [1.82, 2.24) is 0 Å². The quantitative estimate of drug-likeness (QED) is 0.550. The number of rotatable bonds is 7. The summed E-state index contributed by atoms with van der Waals surface area (Å²) < 4.78 is 30.7. The minimum Gasteiger partial charge on any atom is -0.392 e. The molecule has 6 heteroatoms. The number of phosphoric acid groups is 1. The second-order valence-electron chi connectivity index (χ2n) is 6.02. The normalized spacial score (nSPS) is 11.1. The molecule has 3 rings (SSSR count). The van der Waals surface area contributed by atoms with Crippen LogP contribution in [0.1, 0.15) is 16.7 Å². The third kappa shape index (κ3) is 4.70. The predicted molar refractivity (Wildman–Crippen MR) is 104 cm³/mol. The molecule has 3 aromatic carbocycles. The highest BCUT2D eigenvalue weighted by Gasteiger charge is 2.34. The molecule has 0 aliphatic rings. The van der Waals surface area contributed by atoms with Gasteiger partial charge >= 0.3 is 7.82 Å². The van der Waals surface area contributed by atoms with Gasteiger partial charge in [0.2, 0.25) is 0 Å². The highest BCUT2D eigenvalue weighted by Crippen LogP contribution is 2.51. The van der Waals surface area contributed by atoms with Gasteiger partial charge in [-0.15, -0.1) is 0 Å². The number of aliphatic hydroxyl groups excluding tert-OH is 1. The van der Waals surface area contributed by atoms with Gasteiger partial charge in [-0.05, 0) is 43.2 Å². The van der Waals surface area contributed by atoms with E-state index in [4.69, 9.17) is 13.6 Å². The number of aliphatic hydroxyl groups is 1. The zero-order chi connectivity index (χ0) is 19.3. The molecule has 0 saturated heterocycles. The molecule has 0 fully saturated rings. The fourth-order valence-electron chi connectivity index (χ4n) is 2.46. The van der Waals surface area contributed by atoms with Crippen molar-refractivity contribution >= 4 is 7.82 Å². The molecule has 5 nitrogen and oxygen atoms in total. The molecule has 0 spiro atoms. The summed E-state index contributed by atoms with van der Waals surface area (Å²) in [6.07, 6.45) is 0. The van der Waals surface area contributed by atoms with Crippen LogP contribution in [0.2, 0.25) is 0 Å². The van der Waals surface area contributed by atoms with Gasteiger partial charge in [0.15, 0.2) is 0 Å². The molecule has 0 aliphatic heterocycles. The van der Waals surface area contributed by atoms with Crippen molar-refractivity contribution in [3.63, 3.8) is 0 Å². The van der Waals surface area contributed by atoms with Crippen LogP contribution in [0.25, 0.3) is 0 Å². The Bertz CT molecular complexity index is 919. The molecule has 0 unspecified atom stereocenters. The molecule has 0 saturated carbocycles. The van der Waals surface area contributed by atoms with E-state index in [-0.39, 0.29) is 12.4 Å². The Labute approximate surface area is 158 Å². The lowest BCUT2D eigenvalue weighted by atomic mass is 10.2. The lowest BCUT2D eigenvalue weighted by Crippen LogP contribution is -2.09. The Hall–Kier alpha value is -2.75. The van der Waals surface area contributed by atoms with Gasteiger partial charge in [0.25, 0.3) is 0 Å². The molecular weight excluding hydrogens is 363 g/mol. The molecule has 0 radical (unpaired) electrons. The highest BCUT2D eigenvalue weighted by atomic mass is 31.2. The second kappa shape index (κ2) is 8.30. The van der Waals surface area contributed by atoms with Gasteiger partial charge in [0.1, 0.15) is 17.2 Å². The van der Waals surface area contributed by atoms with Crippen LogP contribution in [0.3, 0.4) is 0 Å². The van der Waals surface area contributed by atoms with Crippen LogP contribution in [0.15, 0.2) is 72.8 Å². The van der Waals surface area contributed by atoms with E-state index in [0.29, 0.717) is 17.1 Å². The van der Waals surface area contributed by atoms with E-state index in [9.17, 15) is 9.67 Å². The van der Waals surface area contributed by atoms with Crippen LogP contribution < -0.4 is 13.6 Å². The van der Waals surface area contributed by atoms with Gasteiger partial charge in [0.05, 0.1) is 6.61 Å². The van der Waals surface area contributed by atoms with E-state index < -0.39 is 7.82 Å². The first-order chi connectivity index (χ1) is 13.0. The lowest BCUT2D eigenvalue weighted by Gasteiger charge is -2.22. The topological polar surface area (TPSA) is 65.0 Å². The third-order valence-electron chi connectivity index (χ3n) is 3.96. The van der Waals surface area contributed by atoms with Gasteiger partial charge in [-0.1, -0.05) is 54.6 Å². The molecule has 0 atom stereocenters. The largest absolute Gasteiger partial charge is 0.647 e. The highest BCUT2D eigenvalue weighted by molar-refractivity contribution is 7.49. The van der Waals surface area contributed by atoms with Gasteiger partial charge in [-0.2, -0.15) is 4.57 Å². The Balaban J connectivity index is 1.99. The summed E-state index contributed by atoms with van der Waals surface area (Å²) in [5.74, 6) is 1.04. The number of aryl methyl sites for hydroxylation is 2. The Kier molecular flexibility index (Phi) is 5.84. The number of benzene rings is 3. The first kappa shape index (κ1) is 19.0. The van der Waals surface area contributed by atoms with Crippen molar-refractivity contribution in [1.29, 1.82) is 0 Å². The van der Waals surface area contributed by atoms with Crippen LogP contribution in [-0.2, 0) is 11.2 Å². The molecule has 0 aliphatic carbocycles. The van der Waals surface area contributed by atoms with Crippen LogP contribution in [0.4, 0.5) is 0 Å². The van der Waals surface area contributed by atoms with Crippen molar-refractivity contribution in [2.75, 3.05) is 0 Å². The van der Waals surface area contributed by atoms with Crippen molar-refractivity contribution in [3.8, 4) is 17.2 Å². The van der Waals surface area contributed by atoms with Crippen LogP contribution in [0.5, 0.6) is 17.2 Å². The molecule has 0 bridgehead atoms. The third-order valence-corrected chi connectivity index (χ3v) is 5.22. The SMILES string of the molecule is Cc1ccccc1OP(=O)(Oc1ccccc1C)Oc1ccccc1CO. The van der Waals surface area contributed by atoms with Crippen molar-refractivity contribution in [2.45, 2.75) is 20.5 Å². The summed E-state index contributed by atoms with van der Waals surface area (Å²) in [5.41, 5.74) is 2.08. The van der Waals surface area contributed by atoms with Crippen LogP contribution in [0, 0.1) is 13.8 Å². The minimum absolute atomic E-state index is 0.241. The lowest BCUT2D eigenvalue weighted by molar-refractivity contribution is 0.269. The number of para-hydroxylation sites is 3. The summed E-state index contributed by atoms with van der Waals surface area (Å²) in [6, 6.07) is 21.1. The number of phosphoric ester groups is 1. The maximum Gasteiger partial charge on any atom is 0.647 e. The van der Waals surface area contributed by atoms with Gasteiger partial charge < -0.3 is 18.7 Å². The molecule has 0 heterocycles. The molecule has 0 aromatic heterocycles. The molecule has 1 N–H and O–H groups in total. The molecule has 0 amide bonds. The van der Waals surface area contributed by atoms with E-state index in [1.165, 1.54) is 0 Å². The zero-order valence-electron chi connectivity index (χ0n) is 15.2. The maximum atomic E-state index is 13.5. The average Bonchev–Trinajstić information content (AvgIpc) is 2.66. The van der Waals surface area contributed by atoms with Gasteiger partial charge in [-0.25, -0.2) is 0 Å². The zero-order valence-corrected chi connectivity index (χ0v) is 16.1. The predicted octanol–water partition coefficient (Wildman–Crippen LogP) is 5.44. The molecular formula is C21H21O5P. The minimum atomic E-state index is -4.09. The Morgan fingerprint density at radius 1 is 0.704 bits per heavy atom. The van der Waals surface area contributed by atoms with Crippen molar-refractivity contribution in [2.24, 2.45) is 0 Å². The van der Waals surface area contributed by atoms with E-state index in [0.717, 1.165) is 11.1 Å². The van der Waals surface area contributed by atoms with E-state index in [1.807, 2.05) is 38.1 Å². The smallest absolute Gasteiger partial charge is 0.392 e. The van der Waals surface area contributed by atoms with Crippen LogP contribution in [-0.4, -0.2) is 5.11 Å². The second-order valence-corrected chi connectivity index (χ2v) is 7.46. The molecule has 3 aromatic rings. The Morgan fingerprint density at radius 2 is 1.11 bits per heavy atom. The summed E-state index contributed by atoms with van der Waals surface area (Å²) >= 11 is 0. The number of hydrogen-bond acceptors (Lipinski definition) is 5. The first-order valence-corrected chi connectivity index (χ1v) is 9.96. The molecule has 140 valence electrons. The van der Waals surface area contributed by atoms with Gasteiger partial charge in [0, 0.05) is 5.56 Å². The van der Waals surface area contributed by atoms with Crippen molar-refractivity contribution < 1.29 is 23.2 Å². The summed E-state index contributed by atoms with van der Waals surface area (Å²) in [5, 5.41) is 9.53. The monoisotopic (exact) mass is 384 g/mol. The standard InChI is InChI=1S/C21H21O5P/c1-16-9-3-6-12-19(16)24-27(23,25-20-13-7-4-10-17(20)2)26-21-14-8-5-11-18(21)15-22/h3-14,22H,15H2,1-2H3. The van der Waals surface area contributed by atoms with Gasteiger partial charge in [-0.3, -0.25) is 0 Å². The van der Waals surface area contributed by atoms with Crippen molar-refractivity contribution in [3.05, 3.63) is 89.5 Å².